The molecule has 0 amide bonds. The maximum Gasteiger partial charge on any atom is 0.175 e. The van der Waals surface area contributed by atoms with E-state index < -0.39 is 9.84 Å². The van der Waals surface area contributed by atoms with Gasteiger partial charge < -0.3 is 4.90 Å². The second kappa shape index (κ2) is 7.16. The maximum atomic E-state index is 11.8. The number of benzene rings is 1. The van der Waals surface area contributed by atoms with Crippen LogP contribution in [-0.4, -0.2) is 45.4 Å². The average Bonchev–Trinajstić information content (AvgIpc) is 3.44. The number of hydrogen-bond donors (Lipinski definition) is 0. The lowest BCUT2D eigenvalue weighted by atomic mass is 10.0. The molecule has 3 aromatic rings. The molecule has 0 radical (unpaired) electrons. The molecule has 0 saturated heterocycles. The van der Waals surface area contributed by atoms with Crippen molar-refractivity contribution in [2.75, 3.05) is 11.2 Å². The zero-order chi connectivity index (χ0) is 20.9. The lowest BCUT2D eigenvalue weighted by Gasteiger charge is -2.40. The zero-order valence-electron chi connectivity index (χ0n) is 17.1. The molecule has 1 atom stereocenters. The lowest BCUT2D eigenvalue weighted by Crippen LogP contribution is -2.42. The van der Waals surface area contributed by atoms with E-state index in [-0.39, 0.29) is 10.9 Å². The summed E-state index contributed by atoms with van der Waals surface area (Å²) in [6.45, 7) is 2.17. The molecule has 1 fully saturated rings. The quantitative estimate of drug-likeness (QED) is 0.634. The Labute approximate surface area is 175 Å². The second-order valence-corrected chi connectivity index (χ2v) is 10.0. The summed E-state index contributed by atoms with van der Waals surface area (Å²) in [5.74, 6) is 2.42. The fraction of sp³-hybridized carbons (Fsp3) is 0.429. The van der Waals surface area contributed by atoms with Crippen molar-refractivity contribution in [1.82, 2.24) is 24.7 Å². The molecule has 3 heterocycles. The highest BCUT2D eigenvalue weighted by Gasteiger charge is 2.38. The van der Waals surface area contributed by atoms with Gasteiger partial charge in [0.15, 0.2) is 27.3 Å². The van der Waals surface area contributed by atoms with Crippen molar-refractivity contribution in [3.63, 3.8) is 0 Å². The third kappa shape index (κ3) is 3.08. The molecule has 1 saturated carbocycles. The smallest absolute Gasteiger partial charge is 0.175 e. The Morgan fingerprint density at radius 1 is 1.13 bits per heavy atom. The summed E-state index contributed by atoms with van der Waals surface area (Å²) in [5, 5.41) is 8.55. The average molecular weight is 425 g/mol. The summed E-state index contributed by atoms with van der Waals surface area (Å²) >= 11 is 0. The second-order valence-electron chi connectivity index (χ2n) is 8.03. The molecule has 5 rings (SSSR count). The van der Waals surface area contributed by atoms with Gasteiger partial charge in [-0.2, -0.15) is 0 Å². The Hall–Kier alpha value is -2.81. The van der Waals surface area contributed by atoms with Gasteiger partial charge in [-0.25, -0.2) is 18.4 Å². The standard InChI is InChI=1S/C21H24N6O2S/c1-3-17-21-25-23-13-26(21)18-12-22-19(14-8-10-16(11-9-14)30(2,28)29)24-20(18)27(17)15-6-4-5-7-15/h8-13,15,17H,3-7H2,1-2H3/t17-/m1/s1. The SMILES string of the molecule is CC[C@@H]1c2nncn2-c2cnc(-c3ccc(S(C)(=O)=O)cc3)nc2N1C1CCCC1. The summed E-state index contributed by atoms with van der Waals surface area (Å²) in [6, 6.07) is 7.29. The van der Waals surface area contributed by atoms with Crippen molar-refractivity contribution >= 4 is 15.7 Å². The van der Waals surface area contributed by atoms with E-state index in [2.05, 4.69) is 27.0 Å². The van der Waals surface area contributed by atoms with Crippen molar-refractivity contribution in [3.05, 3.63) is 42.6 Å². The molecule has 8 nitrogen and oxygen atoms in total. The van der Waals surface area contributed by atoms with Crippen molar-refractivity contribution in [1.29, 1.82) is 0 Å². The topological polar surface area (TPSA) is 93.9 Å². The van der Waals surface area contributed by atoms with Crippen LogP contribution in [0.25, 0.3) is 17.1 Å². The van der Waals surface area contributed by atoms with Gasteiger partial charge in [0.05, 0.1) is 17.1 Å². The number of anilines is 1. The van der Waals surface area contributed by atoms with E-state index in [1.165, 1.54) is 19.1 Å². The van der Waals surface area contributed by atoms with Crippen molar-refractivity contribution in [2.45, 2.75) is 56.0 Å². The predicted molar refractivity (Wildman–Crippen MR) is 113 cm³/mol. The summed E-state index contributed by atoms with van der Waals surface area (Å²) in [6.07, 6.45) is 10.4. The summed E-state index contributed by atoms with van der Waals surface area (Å²) < 4.78 is 25.5. The van der Waals surface area contributed by atoms with E-state index >= 15 is 0 Å². The molecule has 156 valence electrons. The third-order valence-corrected chi connectivity index (χ3v) is 7.24. The first-order chi connectivity index (χ1) is 14.5. The van der Waals surface area contributed by atoms with Crippen molar-refractivity contribution in [2.24, 2.45) is 0 Å². The highest BCUT2D eigenvalue weighted by atomic mass is 32.2. The van der Waals surface area contributed by atoms with Gasteiger partial charge in [-0.05, 0) is 43.5 Å². The highest BCUT2D eigenvalue weighted by Crippen LogP contribution is 2.42. The minimum absolute atomic E-state index is 0.124. The first kappa shape index (κ1) is 19.2. The van der Waals surface area contributed by atoms with E-state index in [9.17, 15) is 8.42 Å². The predicted octanol–water partition coefficient (Wildman–Crippen LogP) is 3.34. The number of aromatic nitrogens is 5. The minimum atomic E-state index is -3.24. The summed E-state index contributed by atoms with van der Waals surface area (Å²) in [4.78, 5) is 12.3. The molecular formula is C21H24N6O2S. The monoisotopic (exact) mass is 424 g/mol. The molecule has 0 spiro atoms. The molecule has 0 bridgehead atoms. The van der Waals surface area contributed by atoms with Gasteiger partial charge in [-0.3, -0.25) is 4.57 Å². The van der Waals surface area contributed by atoms with E-state index in [4.69, 9.17) is 4.98 Å². The molecule has 1 aliphatic carbocycles. The summed E-state index contributed by atoms with van der Waals surface area (Å²) in [5.41, 5.74) is 1.68. The van der Waals surface area contributed by atoms with E-state index in [0.717, 1.165) is 42.2 Å². The van der Waals surface area contributed by atoms with Gasteiger partial charge in [0.25, 0.3) is 0 Å². The largest absolute Gasteiger partial charge is 0.342 e. The Bertz CT molecular complexity index is 1180. The lowest BCUT2D eigenvalue weighted by molar-refractivity contribution is 0.469. The molecule has 9 heteroatoms. The fourth-order valence-electron chi connectivity index (χ4n) is 4.63. The van der Waals surface area contributed by atoms with Crippen LogP contribution in [0.1, 0.15) is 50.9 Å². The number of rotatable bonds is 4. The molecule has 30 heavy (non-hydrogen) atoms. The van der Waals surface area contributed by atoms with Crippen molar-refractivity contribution < 1.29 is 8.42 Å². The fourth-order valence-corrected chi connectivity index (χ4v) is 5.27. The minimum Gasteiger partial charge on any atom is -0.342 e. The Morgan fingerprint density at radius 3 is 2.53 bits per heavy atom. The number of nitrogens with zero attached hydrogens (tertiary/aromatic N) is 6. The molecular weight excluding hydrogens is 400 g/mol. The van der Waals surface area contributed by atoms with Gasteiger partial charge in [0.2, 0.25) is 0 Å². The maximum absolute atomic E-state index is 11.8. The molecule has 0 N–H and O–H groups in total. The number of hydrogen-bond acceptors (Lipinski definition) is 7. The van der Waals surface area contributed by atoms with E-state index in [1.54, 1.807) is 30.6 Å². The Balaban J connectivity index is 1.63. The first-order valence-corrected chi connectivity index (χ1v) is 12.2. The van der Waals surface area contributed by atoms with Gasteiger partial charge in [-0.1, -0.05) is 19.8 Å². The van der Waals surface area contributed by atoms with Crippen LogP contribution in [0.5, 0.6) is 0 Å². The van der Waals surface area contributed by atoms with Crippen LogP contribution < -0.4 is 4.90 Å². The Kier molecular flexibility index (Phi) is 4.57. The molecule has 0 unspecified atom stereocenters. The highest BCUT2D eigenvalue weighted by molar-refractivity contribution is 7.90. The van der Waals surface area contributed by atoms with Crippen LogP contribution in [0.15, 0.2) is 41.7 Å². The van der Waals surface area contributed by atoms with E-state index in [0.29, 0.717) is 11.9 Å². The number of fused-ring (bicyclic) bond motifs is 3. The molecule has 2 aromatic heterocycles. The van der Waals surface area contributed by atoms with Gasteiger partial charge in [-0.15, -0.1) is 10.2 Å². The molecule has 1 aliphatic heterocycles. The molecule has 1 aromatic carbocycles. The van der Waals surface area contributed by atoms with E-state index in [1.807, 2.05) is 10.8 Å². The van der Waals surface area contributed by atoms with Gasteiger partial charge >= 0.3 is 0 Å². The zero-order valence-corrected chi connectivity index (χ0v) is 17.9. The first-order valence-electron chi connectivity index (χ1n) is 10.3. The number of sulfone groups is 1. The molecule has 2 aliphatic rings. The normalized spacial score (nSPS) is 19.0. The summed E-state index contributed by atoms with van der Waals surface area (Å²) in [7, 11) is -3.24. The van der Waals surface area contributed by atoms with Crippen LogP contribution in [0, 0.1) is 0 Å². The van der Waals surface area contributed by atoms with Crippen LogP contribution in [0.3, 0.4) is 0 Å². The Morgan fingerprint density at radius 2 is 1.87 bits per heavy atom. The third-order valence-electron chi connectivity index (χ3n) is 6.11. The van der Waals surface area contributed by atoms with Crippen LogP contribution in [0.2, 0.25) is 0 Å². The van der Waals surface area contributed by atoms with Crippen LogP contribution >= 0.6 is 0 Å². The van der Waals surface area contributed by atoms with Gasteiger partial charge in [0.1, 0.15) is 12.0 Å². The van der Waals surface area contributed by atoms with Gasteiger partial charge in [0, 0.05) is 17.9 Å². The van der Waals surface area contributed by atoms with Crippen LogP contribution in [0.4, 0.5) is 5.82 Å². The van der Waals surface area contributed by atoms with Crippen molar-refractivity contribution in [3.8, 4) is 17.1 Å². The van der Waals surface area contributed by atoms with Crippen LogP contribution in [-0.2, 0) is 9.84 Å².